The van der Waals surface area contributed by atoms with Crippen LogP contribution >= 0.6 is 0 Å². The summed E-state index contributed by atoms with van der Waals surface area (Å²) < 4.78 is 29.5. The molecule has 2 rings (SSSR count). The molecular weight excluding hydrogens is 340 g/mol. The maximum atomic E-state index is 11.8. The molecule has 1 aromatic carbocycles. The van der Waals surface area contributed by atoms with E-state index >= 15 is 0 Å². The summed E-state index contributed by atoms with van der Waals surface area (Å²) in [6.07, 6.45) is 4.07. The van der Waals surface area contributed by atoms with Gasteiger partial charge in [0.15, 0.2) is 0 Å². The molecule has 7 heteroatoms. The van der Waals surface area contributed by atoms with Crippen LogP contribution in [0.25, 0.3) is 6.08 Å². The molecular formula is C18H22N2O4S. The number of aryl methyl sites for hydroxylation is 1. The number of hydrogen-bond donors (Lipinski definition) is 1. The predicted molar refractivity (Wildman–Crippen MR) is 97.1 cm³/mol. The van der Waals surface area contributed by atoms with Crippen molar-refractivity contribution in [2.45, 2.75) is 20.0 Å². The lowest BCUT2D eigenvalue weighted by molar-refractivity contribution is -0.116. The Balaban J connectivity index is 1.86. The average Bonchev–Trinajstić information content (AvgIpc) is 2.99. The Hall–Kier alpha value is -2.38. The van der Waals surface area contributed by atoms with E-state index in [0.29, 0.717) is 18.1 Å². The van der Waals surface area contributed by atoms with Crippen molar-refractivity contribution in [1.29, 1.82) is 0 Å². The first kappa shape index (κ1) is 19.0. The van der Waals surface area contributed by atoms with Crippen LogP contribution in [0.1, 0.15) is 22.6 Å². The van der Waals surface area contributed by atoms with Gasteiger partial charge in [-0.25, -0.2) is 8.42 Å². The van der Waals surface area contributed by atoms with Crippen molar-refractivity contribution in [3.05, 3.63) is 65.1 Å². The zero-order valence-electron chi connectivity index (χ0n) is 14.5. The highest BCUT2D eigenvalue weighted by molar-refractivity contribution is 7.88. The zero-order chi connectivity index (χ0) is 18.4. The number of carbonyl (C=O) groups excluding carboxylic acids is 1. The Morgan fingerprint density at radius 2 is 1.88 bits per heavy atom. The molecule has 2 aromatic rings. The molecule has 0 saturated carbocycles. The fraction of sp³-hybridized carbons (Fsp3) is 0.278. The molecule has 0 spiro atoms. The van der Waals surface area contributed by atoms with Gasteiger partial charge in [-0.15, -0.1) is 0 Å². The number of benzene rings is 1. The molecule has 0 aliphatic rings. The molecule has 0 saturated heterocycles. The highest BCUT2D eigenvalue weighted by atomic mass is 32.2. The van der Waals surface area contributed by atoms with E-state index in [2.05, 4.69) is 5.32 Å². The van der Waals surface area contributed by atoms with E-state index in [1.807, 2.05) is 31.2 Å². The molecule has 0 fully saturated rings. The van der Waals surface area contributed by atoms with Gasteiger partial charge >= 0.3 is 0 Å². The number of sulfonamides is 1. The third-order valence-electron chi connectivity index (χ3n) is 3.61. The fourth-order valence-electron chi connectivity index (χ4n) is 2.02. The lowest BCUT2D eigenvalue weighted by Gasteiger charge is -2.11. The van der Waals surface area contributed by atoms with Crippen LogP contribution < -0.4 is 5.32 Å². The van der Waals surface area contributed by atoms with Crippen molar-refractivity contribution in [1.82, 2.24) is 9.62 Å². The summed E-state index contributed by atoms with van der Waals surface area (Å²) in [6.45, 7) is 2.61. The van der Waals surface area contributed by atoms with Crippen molar-refractivity contribution in [2.75, 3.05) is 13.3 Å². The maximum Gasteiger partial charge on any atom is 0.244 e. The number of hydrogen-bond acceptors (Lipinski definition) is 4. The smallest absolute Gasteiger partial charge is 0.244 e. The second-order valence-corrected chi connectivity index (χ2v) is 7.95. The SMILES string of the molecule is Cc1ccc(CNC(=O)/C=C/c2ccc(CN(C)S(C)(=O)=O)o2)cc1. The lowest BCUT2D eigenvalue weighted by atomic mass is 10.1. The topological polar surface area (TPSA) is 79.6 Å². The lowest BCUT2D eigenvalue weighted by Crippen LogP contribution is -2.24. The first-order valence-electron chi connectivity index (χ1n) is 7.75. The minimum absolute atomic E-state index is 0.145. The maximum absolute atomic E-state index is 11.8. The number of rotatable bonds is 7. The van der Waals surface area contributed by atoms with Crippen molar-refractivity contribution in [2.24, 2.45) is 0 Å². The molecule has 1 aromatic heterocycles. The Morgan fingerprint density at radius 3 is 2.52 bits per heavy atom. The summed E-state index contributed by atoms with van der Waals surface area (Å²) in [5.41, 5.74) is 2.20. The molecule has 1 heterocycles. The number of furan rings is 1. The molecule has 1 amide bonds. The summed E-state index contributed by atoms with van der Waals surface area (Å²) in [6, 6.07) is 11.3. The van der Waals surface area contributed by atoms with Gasteiger partial charge in [-0.05, 0) is 30.7 Å². The third kappa shape index (κ3) is 6.21. The summed E-state index contributed by atoms with van der Waals surface area (Å²) in [7, 11) is -1.78. The minimum atomic E-state index is -3.26. The number of nitrogens with zero attached hydrogens (tertiary/aromatic N) is 1. The zero-order valence-corrected chi connectivity index (χ0v) is 15.3. The first-order valence-corrected chi connectivity index (χ1v) is 9.60. The number of carbonyl (C=O) groups is 1. The van der Waals surface area contributed by atoms with Gasteiger partial charge in [0.2, 0.25) is 15.9 Å². The summed E-state index contributed by atoms with van der Waals surface area (Å²) in [5.74, 6) is 0.766. The molecule has 0 radical (unpaired) electrons. The quantitative estimate of drug-likeness (QED) is 0.767. The van der Waals surface area contributed by atoms with Crippen LogP contribution in [-0.2, 0) is 27.9 Å². The van der Waals surface area contributed by atoms with Crippen molar-refractivity contribution >= 4 is 22.0 Å². The molecule has 6 nitrogen and oxygen atoms in total. The van der Waals surface area contributed by atoms with E-state index in [1.165, 1.54) is 23.0 Å². The van der Waals surface area contributed by atoms with Crippen LogP contribution in [0.3, 0.4) is 0 Å². The normalized spacial score (nSPS) is 12.0. The van der Waals surface area contributed by atoms with Crippen molar-refractivity contribution in [3.63, 3.8) is 0 Å². The standard InChI is InChI=1S/C18H22N2O4S/c1-14-4-6-15(7-5-14)12-19-18(21)11-10-16-8-9-17(24-16)13-20(2)25(3,22)23/h4-11H,12-13H2,1-3H3,(H,19,21)/b11-10+. The van der Waals surface area contributed by atoms with E-state index < -0.39 is 10.0 Å². The summed E-state index contributed by atoms with van der Waals surface area (Å²) in [4.78, 5) is 11.8. The van der Waals surface area contributed by atoms with Crippen molar-refractivity contribution < 1.29 is 17.6 Å². The van der Waals surface area contributed by atoms with Gasteiger partial charge in [-0.1, -0.05) is 29.8 Å². The van der Waals surface area contributed by atoms with Gasteiger partial charge in [0, 0.05) is 19.7 Å². The molecule has 0 aliphatic carbocycles. The van der Waals surface area contributed by atoms with Gasteiger partial charge in [-0.2, -0.15) is 4.31 Å². The predicted octanol–water partition coefficient (Wildman–Crippen LogP) is 2.31. The van der Waals surface area contributed by atoms with Crippen molar-refractivity contribution in [3.8, 4) is 0 Å². The Bertz CT molecular complexity index is 851. The second-order valence-electron chi connectivity index (χ2n) is 5.86. The van der Waals surface area contributed by atoms with E-state index in [1.54, 1.807) is 18.2 Å². The fourth-order valence-corrected chi connectivity index (χ4v) is 2.38. The van der Waals surface area contributed by atoms with Crippen LogP contribution in [0, 0.1) is 6.92 Å². The van der Waals surface area contributed by atoms with Gasteiger partial charge in [0.1, 0.15) is 11.5 Å². The van der Waals surface area contributed by atoms with Crippen LogP contribution in [0.4, 0.5) is 0 Å². The van der Waals surface area contributed by atoms with Crippen LogP contribution in [0.2, 0.25) is 0 Å². The van der Waals surface area contributed by atoms with E-state index in [-0.39, 0.29) is 12.5 Å². The summed E-state index contributed by atoms with van der Waals surface area (Å²) in [5, 5.41) is 2.79. The largest absolute Gasteiger partial charge is 0.460 e. The Labute approximate surface area is 148 Å². The van der Waals surface area contributed by atoms with E-state index in [0.717, 1.165) is 11.8 Å². The van der Waals surface area contributed by atoms with Crippen LogP contribution in [0.15, 0.2) is 46.9 Å². The molecule has 0 atom stereocenters. The van der Waals surface area contributed by atoms with Gasteiger partial charge in [0.25, 0.3) is 0 Å². The third-order valence-corrected chi connectivity index (χ3v) is 4.87. The van der Waals surface area contributed by atoms with Crippen LogP contribution in [0.5, 0.6) is 0 Å². The van der Waals surface area contributed by atoms with E-state index in [4.69, 9.17) is 4.42 Å². The van der Waals surface area contributed by atoms with Gasteiger partial charge in [-0.3, -0.25) is 4.79 Å². The molecule has 0 unspecified atom stereocenters. The van der Waals surface area contributed by atoms with E-state index in [9.17, 15) is 13.2 Å². The second kappa shape index (κ2) is 8.13. The summed E-state index contributed by atoms with van der Waals surface area (Å²) >= 11 is 0. The first-order chi connectivity index (χ1) is 11.7. The Kier molecular flexibility index (Phi) is 6.17. The highest BCUT2D eigenvalue weighted by Gasteiger charge is 2.13. The highest BCUT2D eigenvalue weighted by Crippen LogP contribution is 2.12. The Morgan fingerprint density at radius 1 is 1.20 bits per heavy atom. The van der Waals surface area contributed by atoms with Crippen LogP contribution in [-0.4, -0.2) is 31.9 Å². The minimum Gasteiger partial charge on any atom is -0.460 e. The van der Waals surface area contributed by atoms with Gasteiger partial charge in [0.05, 0.1) is 12.8 Å². The molecule has 0 aliphatic heterocycles. The average molecular weight is 362 g/mol. The molecule has 134 valence electrons. The number of amides is 1. The number of nitrogens with one attached hydrogen (secondary N) is 1. The molecule has 0 bridgehead atoms. The monoisotopic (exact) mass is 362 g/mol. The molecule has 25 heavy (non-hydrogen) atoms. The molecule has 1 N–H and O–H groups in total. The van der Waals surface area contributed by atoms with Gasteiger partial charge < -0.3 is 9.73 Å².